The van der Waals surface area contributed by atoms with Gasteiger partial charge in [0.1, 0.15) is 0 Å². The fourth-order valence-corrected chi connectivity index (χ4v) is 4.37. The Hall–Kier alpha value is -1.12. The quantitative estimate of drug-likeness (QED) is 0.314. The van der Waals surface area contributed by atoms with Gasteiger partial charge in [-0.1, -0.05) is 11.8 Å². The maximum atomic E-state index is 11.5. The lowest BCUT2D eigenvalue weighted by Crippen LogP contribution is -2.41. The number of hydrogen-bond acceptors (Lipinski definition) is 6. The normalized spacial score (nSPS) is 23.8. The van der Waals surface area contributed by atoms with Crippen molar-refractivity contribution in [2.24, 2.45) is 5.92 Å². The first-order chi connectivity index (χ1) is 13.2. The van der Waals surface area contributed by atoms with Gasteiger partial charge in [-0.25, -0.2) is 9.97 Å². The van der Waals surface area contributed by atoms with Gasteiger partial charge in [-0.15, -0.1) is 0 Å². The highest BCUT2D eigenvalue weighted by Crippen LogP contribution is 2.36. The van der Waals surface area contributed by atoms with Crippen LogP contribution in [0.1, 0.15) is 60.3 Å². The molecule has 2 aliphatic heterocycles. The van der Waals surface area contributed by atoms with E-state index in [9.17, 15) is 4.79 Å². The van der Waals surface area contributed by atoms with Crippen molar-refractivity contribution in [2.45, 2.75) is 76.7 Å². The van der Waals surface area contributed by atoms with Gasteiger partial charge in [-0.2, -0.15) is 0 Å². The number of hydrogen-bond donors (Lipinski definition) is 0. The molecule has 154 valence electrons. The Morgan fingerprint density at radius 2 is 1.89 bits per heavy atom. The van der Waals surface area contributed by atoms with Crippen molar-refractivity contribution in [2.75, 3.05) is 18.8 Å². The lowest BCUT2D eigenvalue weighted by Gasteiger charge is -2.32. The lowest BCUT2D eigenvalue weighted by molar-refractivity contribution is -0.130. The molecule has 3 heterocycles. The van der Waals surface area contributed by atoms with Crippen LogP contribution in [0.4, 0.5) is 0 Å². The molecule has 0 aromatic carbocycles. The number of amides is 1. The highest BCUT2D eigenvalue weighted by atomic mass is 32.2. The van der Waals surface area contributed by atoms with Crippen LogP contribution in [0.15, 0.2) is 17.6 Å². The lowest BCUT2D eigenvalue weighted by atomic mass is 9.81. The average Bonchev–Trinajstić information content (AvgIpc) is 2.87. The highest BCUT2D eigenvalue weighted by molar-refractivity contribution is 7.99. The average molecular weight is 405 g/mol. The summed E-state index contributed by atoms with van der Waals surface area (Å²) in [5.74, 6) is 1.83. The summed E-state index contributed by atoms with van der Waals surface area (Å²) in [6.07, 6.45) is 8.24. The van der Waals surface area contributed by atoms with E-state index in [0.717, 1.165) is 48.7 Å². The van der Waals surface area contributed by atoms with Gasteiger partial charge in [0.25, 0.3) is 0 Å². The maximum Gasteiger partial charge on any atom is 0.498 e. The second-order valence-electron chi connectivity index (χ2n) is 8.85. The van der Waals surface area contributed by atoms with Crippen molar-refractivity contribution >= 4 is 30.3 Å². The summed E-state index contributed by atoms with van der Waals surface area (Å²) < 4.78 is 12.1. The number of rotatable bonds is 6. The number of thioether (sulfide) groups is 1. The van der Waals surface area contributed by atoms with Crippen LogP contribution >= 0.6 is 11.8 Å². The number of likely N-dealkylation sites (tertiary alicyclic amines) is 1. The third-order valence-corrected chi connectivity index (χ3v) is 7.09. The molecule has 1 unspecified atom stereocenters. The number of aromatic nitrogens is 2. The van der Waals surface area contributed by atoms with Crippen molar-refractivity contribution in [3.63, 3.8) is 0 Å². The molecule has 1 amide bonds. The molecule has 0 bridgehead atoms. The van der Waals surface area contributed by atoms with Gasteiger partial charge in [-0.3, -0.25) is 4.79 Å². The third-order valence-electron chi connectivity index (χ3n) is 6.13. The van der Waals surface area contributed by atoms with E-state index >= 15 is 0 Å². The van der Waals surface area contributed by atoms with Gasteiger partial charge in [0, 0.05) is 43.6 Å². The minimum absolute atomic E-state index is 0.203. The first-order valence-electron chi connectivity index (χ1n) is 10.2. The topological polar surface area (TPSA) is 64.6 Å². The summed E-state index contributed by atoms with van der Waals surface area (Å²) in [6, 6.07) is 0. The van der Waals surface area contributed by atoms with Crippen LogP contribution in [0.25, 0.3) is 0 Å². The van der Waals surface area contributed by atoms with Gasteiger partial charge in [0.15, 0.2) is 5.16 Å². The van der Waals surface area contributed by atoms with E-state index in [1.807, 2.05) is 45.0 Å². The van der Waals surface area contributed by atoms with Gasteiger partial charge < -0.3 is 14.2 Å². The Balaban J connectivity index is 1.42. The van der Waals surface area contributed by atoms with Crippen LogP contribution in [0.2, 0.25) is 0 Å². The van der Waals surface area contributed by atoms with Crippen LogP contribution in [-0.2, 0) is 14.1 Å². The molecular formula is C20H32BN3O3S. The van der Waals surface area contributed by atoms with Crippen molar-refractivity contribution in [1.29, 1.82) is 0 Å². The van der Waals surface area contributed by atoms with Gasteiger partial charge in [-0.05, 0) is 59.3 Å². The molecule has 8 heteroatoms. The monoisotopic (exact) mass is 405 g/mol. The van der Waals surface area contributed by atoms with Crippen LogP contribution in [0, 0.1) is 5.92 Å². The summed E-state index contributed by atoms with van der Waals surface area (Å²) in [5, 5.41) is 0.786. The molecule has 6 nitrogen and oxygen atoms in total. The fraction of sp³-hybridized carbons (Fsp3) is 0.750. The third kappa shape index (κ3) is 5.08. The Kier molecular flexibility index (Phi) is 6.72. The zero-order valence-electron chi connectivity index (χ0n) is 17.7. The van der Waals surface area contributed by atoms with E-state index in [4.69, 9.17) is 9.31 Å². The number of piperidine rings is 1. The number of carbonyl (C=O) groups excluding carboxylic acids is 1. The molecule has 0 saturated carbocycles. The highest BCUT2D eigenvalue weighted by Gasteiger charge is 2.51. The smallest absolute Gasteiger partial charge is 0.399 e. The molecule has 2 fully saturated rings. The molecule has 0 spiro atoms. The Labute approximate surface area is 173 Å². The van der Waals surface area contributed by atoms with Crippen molar-refractivity contribution < 1.29 is 14.1 Å². The largest absolute Gasteiger partial charge is 0.498 e. The van der Waals surface area contributed by atoms with E-state index < -0.39 is 7.12 Å². The van der Waals surface area contributed by atoms with Crippen LogP contribution in [-0.4, -0.2) is 57.9 Å². The predicted octanol–water partition coefficient (Wildman–Crippen LogP) is 2.91. The summed E-state index contributed by atoms with van der Waals surface area (Å²) >= 11 is 1.68. The van der Waals surface area contributed by atoms with Gasteiger partial charge in [0.2, 0.25) is 5.91 Å². The zero-order valence-corrected chi connectivity index (χ0v) is 18.6. The van der Waals surface area contributed by atoms with Crippen molar-refractivity contribution in [3.8, 4) is 0 Å². The molecule has 0 aliphatic carbocycles. The Morgan fingerprint density at radius 1 is 1.25 bits per heavy atom. The number of nitrogens with zero attached hydrogens (tertiary/aromatic N) is 3. The molecule has 1 aromatic heterocycles. The van der Waals surface area contributed by atoms with Crippen molar-refractivity contribution in [1.82, 2.24) is 14.9 Å². The summed E-state index contributed by atoms with van der Waals surface area (Å²) in [6.45, 7) is 11.7. The summed E-state index contributed by atoms with van der Waals surface area (Å²) in [5.41, 5.74) is 0.138. The zero-order chi connectivity index (χ0) is 20.4. The molecule has 28 heavy (non-hydrogen) atoms. The molecule has 1 atom stereocenters. The van der Waals surface area contributed by atoms with E-state index in [0.29, 0.717) is 5.92 Å². The maximum absolute atomic E-state index is 11.5. The van der Waals surface area contributed by atoms with Crippen LogP contribution in [0.5, 0.6) is 0 Å². The van der Waals surface area contributed by atoms with E-state index in [2.05, 4.69) is 9.97 Å². The second-order valence-corrected chi connectivity index (χ2v) is 9.91. The van der Waals surface area contributed by atoms with Gasteiger partial charge in [0.05, 0.1) is 11.2 Å². The standard InChI is InChI=1S/C20H32BN3O3S/c1-15(25)24-10-6-8-16(14-24)9-7-11-28-18-22-12-17(13-23-18)21-26-19(2,3)20(4,5)27-21/h12-13,16H,6-11,14H2,1-5H3. The predicted molar refractivity (Wildman–Crippen MR) is 113 cm³/mol. The fourth-order valence-electron chi connectivity index (χ4n) is 3.62. The van der Waals surface area contributed by atoms with Crippen LogP contribution in [0.3, 0.4) is 0 Å². The first-order valence-corrected chi connectivity index (χ1v) is 11.2. The molecule has 2 aliphatic rings. The molecule has 1 aromatic rings. The minimum Gasteiger partial charge on any atom is -0.399 e. The van der Waals surface area contributed by atoms with E-state index in [1.54, 1.807) is 18.7 Å². The Morgan fingerprint density at radius 3 is 2.50 bits per heavy atom. The molecule has 3 rings (SSSR count). The molecular weight excluding hydrogens is 373 g/mol. The van der Waals surface area contributed by atoms with Crippen molar-refractivity contribution in [3.05, 3.63) is 12.4 Å². The first kappa shape index (κ1) is 21.6. The van der Waals surface area contributed by atoms with Gasteiger partial charge >= 0.3 is 7.12 Å². The molecule has 0 radical (unpaired) electrons. The molecule has 0 N–H and O–H groups in total. The summed E-state index contributed by atoms with van der Waals surface area (Å²) in [7, 11) is -0.417. The second kappa shape index (κ2) is 8.72. The Bertz CT molecular complexity index is 668. The SMILES string of the molecule is CC(=O)N1CCCC(CCCSc2ncc(B3OC(C)(C)C(C)(C)O3)cn2)C1. The van der Waals surface area contributed by atoms with Crippen LogP contribution < -0.4 is 5.46 Å². The van der Waals surface area contributed by atoms with E-state index in [1.165, 1.54) is 6.42 Å². The number of carbonyl (C=O) groups is 1. The minimum atomic E-state index is -0.417. The summed E-state index contributed by atoms with van der Waals surface area (Å²) in [4.78, 5) is 22.5. The molecule has 2 saturated heterocycles. The van der Waals surface area contributed by atoms with E-state index in [-0.39, 0.29) is 17.1 Å².